The molecule has 68 valence electrons. The first-order chi connectivity index (χ1) is 6.38. The zero-order valence-corrected chi connectivity index (χ0v) is 8.35. The highest BCUT2D eigenvalue weighted by molar-refractivity contribution is 6.32. The van der Waals surface area contributed by atoms with Crippen molar-refractivity contribution in [1.29, 1.82) is 0 Å². The number of halogens is 1. The fourth-order valence-corrected chi connectivity index (χ4v) is 2.15. The fourth-order valence-electron chi connectivity index (χ4n) is 1.81. The van der Waals surface area contributed by atoms with Crippen molar-refractivity contribution in [3.8, 4) is 0 Å². The Morgan fingerprint density at radius 1 is 0.923 bits per heavy atom. The molecule has 13 heavy (non-hydrogen) atoms. The Morgan fingerprint density at radius 3 is 2.31 bits per heavy atom. The summed E-state index contributed by atoms with van der Waals surface area (Å²) in [6.45, 7) is 0. The standard InChI is InChI=1S/C12H13Cl/c13-12-9-5-4-8-11(12)10-6-2-1-3-7-10/h1-3,6-7H,4-5,8-9H2. The van der Waals surface area contributed by atoms with Crippen molar-refractivity contribution in [3.05, 3.63) is 40.9 Å². The predicted molar refractivity (Wildman–Crippen MR) is 57.7 cm³/mol. The van der Waals surface area contributed by atoms with Gasteiger partial charge in [-0.15, -0.1) is 0 Å². The van der Waals surface area contributed by atoms with Crippen LogP contribution < -0.4 is 0 Å². The molecular weight excluding hydrogens is 180 g/mol. The third kappa shape index (κ3) is 1.94. The molecule has 0 spiro atoms. The Hall–Kier alpha value is -0.750. The van der Waals surface area contributed by atoms with Crippen LogP contribution in [0.25, 0.3) is 5.57 Å². The van der Waals surface area contributed by atoms with Gasteiger partial charge in [-0.05, 0) is 36.8 Å². The van der Waals surface area contributed by atoms with E-state index < -0.39 is 0 Å². The summed E-state index contributed by atoms with van der Waals surface area (Å²) in [7, 11) is 0. The lowest BCUT2D eigenvalue weighted by molar-refractivity contribution is 0.734. The predicted octanol–water partition coefficient (Wildman–Crippen LogP) is 4.21. The quantitative estimate of drug-likeness (QED) is 0.626. The fraction of sp³-hybridized carbons (Fsp3) is 0.333. The molecule has 0 amide bonds. The van der Waals surface area contributed by atoms with Crippen LogP contribution in [0.3, 0.4) is 0 Å². The summed E-state index contributed by atoms with van der Waals surface area (Å²) in [6.07, 6.45) is 4.73. The monoisotopic (exact) mass is 192 g/mol. The number of hydrogen-bond acceptors (Lipinski definition) is 0. The second kappa shape index (κ2) is 3.97. The molecule has 0 bridgehead atoms. The van der Waals surface area contributed by atoms with Crippen LogP contribution in [0.1, 0.15) is 31.2 Å². The van der Waals surface area contributed by atoms with Crippen molar-refractivity contribution < 1.29 is 0 Å². The molecule has 0 atom stereocenters. The van der Waals surface area contributed by atoms with Gasteiger partial charge in [0.25, 0.3) is 0 Å². The third-order valence-corrected chi connectivity index (χ3v) is 2.94. The minimum atomic E-state index is 1.06. The maximum atomic E-state index is 6.20. The molecule has 0 unspecified atom stereocenters. The van der Waals surface area contributed by atoms with Gasteiger partial charge in [-0.25, -0.2) is 0 Å². The van der Waals surface area contributed by atoms with Gasteiger partial charge in [-0.3, -0.25) is 0 Å². The van der Waals surface area contributed by atoms with E-state index in [1.165, 1.54) is 24.0 Å². The van der Waals surface area contributed by atoms with E-state index in [2.05, 4.69) is 24.3 Å². The van der Waals surface area contributed by atoms with Crippen LogP contribution >= 0.6 is 11.6 Å². The van der Waals surface area contributed by atoms with Gasteiger partial charge in [0.15, 0.2) is 0 Å². The number of benzene rings is 1. The number of hydrogen-bond donors (Lipinski definition) is 0. The largest absolute Gasteiger partial charge is 0.0888 e. The Labute approximate surface area is 84.2 Å². The second-order valence-electron chi connectivity index (χ2n) is 3.46. The molecule has 0 radical (unpaired) electrons. The first kappa shape index (κ1) is 8.83. The van der Waals surface area contributed by atoms with Gasteiger partial charge in [-0.1, -0.05) is 41.9 Å². The summed E-state index contributed by atoms with van der Waals surface area (Å²) < 4.78 is 0. The lowest BCUT2D eigenvalue weighted by Gasteiger charge is -2.15. The highest BCUT2D eigenvalue weighted by Gasteiger charge is 2.11. The van der Waals surface area contributed by atoms with Crippen LogP contribution in [0, 0.1) is 0 Å². The first-order valence-corrected chi connectivity index (χ1v) is 5.18. The lowest BCUT2D eigenvalue weighted by Crippen LogP contribution is -1.94. The maximum absolute atomic E-state index is 6.20. The zero-order chi connectivity index (χ0) is 9.10. The van der Waals surface area contributed by atoms with Gasteiger partial charge in [0, 0.05) is 5.03 Å². The van der Waals surface area contributed by atoms with Gasteiger partial charge < -0.3 is 0 Å². The molecule has 1 aromatic rings. The minimum Gasteiger partial charge on any atom is -0.0888 e. The van der Waals surface area contributed by atoms with Crippen LogP contribution in [-0.2, 0) is 0 Å². The highest BCUT2D eigenvalue weighted by Crippen LogP contribution is 2.33. The Balaban J connectivity index is 2.35. The van der Waals surface area contributed by atoms with Crippen LogP contribution in [0.15, 0.2) is 35.4 Å². The summed E-state index contributed by atoms with van der Waals surface area (Å²) in [5.74, 6) is 0. The Morgan fingerprint density at radius 2 is 1.62 bits per heavy atom. The van der Waals surface area contributed by atoms with Gasteiger partial charge >= 0.3 is 0 Å². The summed E-state index contributed by atoms with van der Waals surface area (Å²) in [4.78, 5) is 0. The van der Waals surface area contributed by atoms with Crippen molar-refractivity contribution in [3.63, 3.8) is 0 Å². The maximum Gasteiger partial charge on any atom is 0.0218 e. The summed E-state index contributed by atoms with van der Waals surface area (Å²) in [5.41, 5.74) is 2.65. The molecule has 1 heteroatoms. The smallest absolute Gasteiger partial charge is 0.0218 e. The molecule has 1 aliphatic rings. The van der Waals surface area contributed by atoms with Crippen LogP contribution in [0.2, 0.25) is 0 Å². The molecule has 0 nitrogen and oxygen atoms in total. The molecule has 0 fully saturated rings. The summed E-state index contributed by atoms with van der Waals surface area (Å²) >= 11 is 6.20. The molecule has 0 saturated heterocycles. The van der Waals surface area contributed by atoms with E-state index in [1.54, 1.807) is 0 Å². The van der Waals surface area contributed by atoms with E-state index in [0.29, 0.717) is 0 Å². The molecule has 0 saturated carbocycles. The zero-order valence-electron chi connectivity index (χ0n) is 7.59. The molecule has 1 aromatic carbocycles. The van der Waals surface area contributed by atoms with E-state index in [9.17, 15) is 0 Å². The Bertz CT molecular complexity index is 311. The number of allylic oxidation sites excluding steroid dienone is 2. The molecule has 0 N–H and O–H groups in total. The van der Waals surface area contributed by atoms with Gasteiger partial charge in [-0.2, -0.15) is 0 Å². The average Bonchev–Trinajstić information content (AvgIpc) is 2.20. The van der Waals surface area contributed by atoms with Crippen molar-refractivity contribution >= 4 is 17.2 Å². The molecule has 2 rings (SSSR count). The van der Waals surface area contributed by atoms with Crippen molar-refractivity contribution in [2.24, 2.45) is 0 Å². The van der Waals surface area contributed by atoms with Gasteiger partial charge in [0.05, 0.1) is 0 Å². The molecule has 1 aliphatic carbocycles. The number of rotatable bonds is 1. The van der Waals surface area contributed by atoms with E-state index in [4.69, 9.17) is 11.6 Å². The Kier molecular flexibility index (Phi) is 2.70. The molecule has 0 aromatic heterocycles. The van der Waals surface area contributed by atoms with E-state index >= 15 is 0 Å². The van der Waals surface area contributed by atoms with Crippen molar-refractivity contribution in [2.75, 3.05) is 0 Å². The van der Waals surface area contributed by atoms with Crippen molar-refractivity contribution in [2.45, 2.75) is 25.7 Å². The molecular formula is C12H13Cl. The van der Waals surface area contributed by atoms with E-state index in [0.717, 1.165) is 17.9 Å². The second-order valence-corrected chi connectivity index (χ2v) is 3.91. The average molecular weight is 193 g/mol. The van der Waals surface area contributed by atoms with Crippen LogP contribution in [-0.4, -0.2) is 0 Å². The lowest BCUT2D eigenvalue weighted by atomic mass is 9.93. The van der Waals surface area contributed by atoms with Crippen LogP contribution in [0.5, 0.6) is 0 Å². The minimum absolute atomic E-state index is 1.06. The molecule has 0 aliphatic heterocycles. The van der Waals surface area contributed by atoms with Gasteiger partial charge in [0.1, 0.15) is 0 Å². The summed E-state index contributed by atoms with van der Waals surface area (Å²) in [5, 5.41) is 1.07. The third-order valence-electron chi connectivity index (χ3n) is 2.52. The van der Waals surface area contributed by atoms with E-state index in [1.807, 2.05) is 6.07 Å². The van der Waals surface area contributed by atoms with Crippen molar-refractivity contribution in [1.82, 2.24) is 0 Å². The normalized spacial score (nSPS) is 17.6. The van der Waals surface area contributed by atoms with Gasteiger partial charge in [0.2, 0.25) is 0 Å². The van der Waals surface area contributed by atoms with Crippen LogP contribution in [0.4, 0.5) is 0 Å². The van der Waals surface area contributed by atoms with E-state index in [-0.39, 0.29) is 0 Å². The molecule has 0 heterocycles. The SMILES string of the molecule is ClC1=C(c2ccccc2)CCCC1. The first-order valence-electron chi connectivity index (χ1n) is 4.81. The highest BCUT2D eigenvalue weighted by atomic mass is 35.5. The topological polar surface area (TPSA) is 0 Å². The summed E-state index contributed by atoms with van der Waals surface area (Å²) in [6, 6.07) is 10.5.